The SMILES string of the molecule is O=C(Nc1cnn(COc2cccc(Cl)c2)c1)c1[nH]ncc1[N+](=O)[O-]. The highest BCUT2D eigenvalue weighted by atomic mass is 35.5. The summed E-state index contributed by atoms with van der Waals surface area (Å²) in [7, 11) is 0. The smallest absolute Gasteiger partial charge is 0.319 e. The fraction of sp³-hybridized carbons (Fsp3) is 0.0714. The maximum Gasteiger partial charge on any atom is 0.319 e. The van der Waals surface area contributed by atoms with Gasteiger partial charge in [0.1, 0.15) is 11.9 Å². The van der Waals surface area contributed by atoms with Gasteiger partial charge in [0.25, 0.3) is 5.91 Å². The first-order valence-electron chi connectivity index (χ1n) is 6.93. The zero-order valence-corrected chi connectivity index (χ0v) is 13.3. The summed E-state index contributed by atoms with van der Waals surface area (Å²) in [6.07, 6.45) is 3.88. The van der Waals surface area contributed by atoms with Crippen LogP contribution in [0.2, 0.25) is 5.02 Å². The summed E-state index contributed by atoms with van der Waals surface area (Å²) in [5, 5.41) is 23.7. The predicted octanol–water partition coefficient (Wildman–Crippen LogP) is 2.46. The van der Waals surface area contributed by atoms with Crippen molar-refractivity contribution in [3.8, 4) is 5.75 Å². The van der Waals surface area contributed by atoms with Crippen molar-refractivity contribution < 1.29 is 14.5 Å². The minimum atomic E-state index is -0.695. The first-order valence-corrected chi connectivity index (χ1v) is 7.30. The molecule has 0 aliphatic carbocycles. The molecule has 128 valence electrons. The highest BCUT2D eigenvalue weighted by Crippen LogP contribution is 2.18. The Morgan fingerprint density at radius 2 is 2.28 bits per heavy atom. The van der Waals surface area contributed by atoms with Crippen LogP contribution in [0.25, 0.3) is 0 Å². The second kappa shape index (κ2) is 7.01. The van der Waals surface area contributed by atoms with Gasteiger partial charge in [-0.15, -0.1) is 0 Å². The third-order valence-corrected chi connectivity index (χ3v) is 3.33. The standard InChI is InChI=1S/C14H11ClN6O4/c15-9-2-1-3-11(4-9)25-8-20-7-10(5-17-20)18-14(22)13-12(21(23)24)6-16-19-13/h1-7H,8H2,(H,16,19)(H,18,22). The van der Waals surface area contributed by atoms with Crippen LogP contribution in [0.4, 0.5) is 11.4 Å². The molecule has 0 aliphatic heterocycles. The van der Waals surface area contributed by atoms with Crippen molar-refractivity contribution in [1.82, 2.24) is 20.0 Å². The summed E-state index contributed by atoms with van der Waals surface area (Å²) in [5.74, 6) is -0.124. The van der Waals surface area contributed by atoms with Crippen LogP contribution >= 0.6 is 11.6 Å². The van der Waals surface area contributed by atoms with Crippen molar-refractivity contribution in [1.29, 1.82) is 0 Å². The summed E-state index contributed by atoms with van der Waals surface area (Å²) in [5.41, 5.74) is -0.300. The normalized spacial score (nSPS) is 10.4. The average molecular weight is 363 g/mol. The molecule has 3 aromatic rings. The van der Waals surface area contributed by atoms with E-state index in [1.807, 2.05) is 0 Å². The quantitative estimate of drug-likeness (QED) is 0.512. The topological polar surface area (TPSA) is 128 Å². The fourth-order valence-corrected chi connectivity index (χ4v) is 2.16. The molecule has 0 saturated carbocycles. The number of anilines is 1. The summed E-state index contributed by atoms with van der Waals surface area (Å²) >= 11 is 5.87. The molecule has 0 fully saturated rings. The molecule has 10 nitrogen and oxygen atoms in total. The van der Waals surface area contributed by atoms with Crippen molar-refractivity contribution in [2.75, 3.05) is 5.32 Å². The molecular formula is C14H11ClN6O4. The minimum Gasteiger partial charge on any atom is -0.471 e. The van der Waals surface area contributed by atoms with Crippen LogP contribution in [0, 0.1) is 10.1 Å². The lowest BCUT2D eigenvalue weighted by Gasteiger charge is -2.06. The second-order valence-electron chi connectivity index (χ2n) is 4.84. The van der Waals surface area contributed by atoms with Gasteiger partial charge >= 0.3 is 5.69 Å². The highest BCUT2D eigenvalue weighted by molar-refractivity contribution is 6.30. The Labute approximate surface area is 145 Å². The maximum atomic E-state index is 12.1. The number of halogens is 1. The van der Waals surface area contributed by atoms with Gasteiger partial charge in [-0.05, 0) is 18.2 Å². The van der Waals surface area contributed by atoms with Crippen LogP contribution in [0.1, 0.15) is 10.5 Å². The number of nitro groups is 1. The Hall–Kier alpha value is -3.40. The molecule has 2 aromatic heterocycles. The number of carbonyl (C=O) groups excluding carboxylic acids is 1. The Balaban J connectivity index is 1.62. The molecule has 0 bridgehead atoms. The number of nitrogens with one attached hydrogen (secondary N) is 2. The highest BCUT2D eigenvalue weighted by Gasteiger charge is 2.23. The third kappa shape index (κ3) is 3.93. The largest absolute Gasteiger partial charge is 0.471 e. The van der Waals surface area contributed by atoms with Crippen LogP contribution in [0.5, 0.6) is 5.75 Å². The molecule has 3 rings (SSSR count). The Morgan fingerprint density at radius 3 is 3.04 bits per heavy atom. The number of nitrogens with zero attached hydrogens (tertiary/aromatic N) is 4. The number of hydrogen-bond donors (Lipinski definition) is 2. The van der Waals surface area contributed by atoms with Gasteiger partial charge in [-0.25, -0.2) is 4.68 Å². The molecule has 0 spiro atoms. The van der Waals surface area contributed by atoms with E-state index >= 15 is 0 Å². The van der Waals surface area contributed by atoms with Crippen molar-refractivity contribution >= 4 is 28.9 Å². The molecule has 1 amide bonds. The van der Waals surface area contributed by atoms with Gasteiger partial charge < -0.3 is 10.1 Å². The van der Waals surface area contributed by atoms with Crippen LogP contribution in [0.3, 0.4) is 0 Å². The predicted molar refractivity (Wildman–Crippen MR) is 87.5 cm³/mol. The van der Waals surface area contributed by atoms with Gasteiger partial charge in [0, 0.05) is 5.02 Å². The Bertz CT molecular complexity index is 921. The van der Waals surface area contributed by atoms with E-state index in [-0.39, 0.29) is 12.4 Å². The van der Waals surface area contributed by atoms with Crippen molar-refractivity contribution in [2.24, 2.45) is 0 Å². The number of aromatic amines is 1. The number of hydrogen-bond acceptors (Lipinski definition) is 6. The molecule has 2 heterocycles. The fourth-order valence-electron chi connectivity index (χ4n) is 1.98. The number of benzene rings is 1. The molecule has 11 heteroatoms. The van der Waals surface area contributed by atoms with Crippen molar-refractivity contribution in [3.05, 3.63) is 63.7 Å². The van der Waals surface area contributed by atoms with Gasteiger partial charge in [0.2, 0.25) is 5.69 Å². The number of rotatable bonds is 6. The molecule has 25 heavy (non-hydrogen) atoms. The summed E-state index contributed by atoms with van der Waals surface area (Å²) in [6.45, 7) is 0.0976. The van der Waals surface area contributed by atoms with Crippen molar-refractivity contribution in [3.63, 3.8) is 0 Å². The lowest BCUT2D eigenvalue weighted by Crippen LogP contribution is -2.13. The van der Waals surface area contributed by atoms with Crippen LogP contribution in [-0.2, 0) is 6.73 Å². The van der Waals surface area contributed by atoms with Crippen LogP contribution < -0.4 is 10.1 Å². The van der Waals surface area contributed by atoms with E-state index in [4.69, 9.17) is 16.3 Å². The monoisotopic (exact) mass is 362 g/mol. The summed E-state index contributed by atoms with van der Waals surface area (Å²) in [4.78, 5) is 22.2. The zero-order chi connectivity index (χ0) is 17.8. The summed E-state index contributed by atoms with van der Waals surface area (Å²) in [6, 6.07) is 6.88. The summed E-state index contributed by atoms with van der Waals surface area (Å²) < 4.78 is 6.95. The van der Waals surface area contributed by atoms with E-state index in [0.717, 1.165) is 6.20 Å². The molecule has 0 radical (unpaired) electrons. The van der Waals surface area contributed by atoms with E-state index in [1.54, 1.807) is 24.3 Å². The third-order valence-electron chi connectivity index (χ3n) is 3.09. The van der Waals surface area contributed by atoms with Crippen LogP contribution in [-0.4, -0.2) is 30.8 Å². The number of ether oxygens (including phenoxy) is 1. The molecule has 0 unspecified atom stereocenters. The molecule has 0 atom stereocenters. The molecule has 0 aliphatic rings. The average Bonchev–Trinajstić information content (AvgIpc) is 3.22. The van der Waals surface area contributed by atoms with E-state index in [1.165, 1.54) is 17.1 Å². The van der Waals surface area contributed by atoms with Gasteiger partial charge in [-0.1, -0.05) is 17.7 Å². The Morgan fingerprint density at radius 1 is 1.44 bits per heavy atom. The van der Waals surface area contributed by atoms with E-state index < -0.39 is 16.5 Å². The number of H-pyrrole nitrogens is 1. The number of carbonyl (C=O) groups is 1. The Kier molecular flexibility index (Phi) is 4.61. The lowest BCUT2D eigenvalue weighted by atomic mass is 10.3. The first kappa shape index (κ1) is 16.5. The number of aromatic nitrogens is 4. The van der Waals surface area contributed by atoms with Gasteiger partial charge in [-0.2, -0.15) is 10.2 Å². The lowest BCUT2D eigenvalue weighted by molar-refractivity contribution is -0.385. The molecule has 0 saturated heterocycles. The van der Waals surface area contributed by atoms with Gasteiger partial charge in [0.15, 0.2) is 6.73 Å². The molecular weight excluding hydrogens is 352 g/mol. The van der Waals surface area contributed by atoms with Gasteiger partial charge in [-0.3, -0.25) is 20.0 Å². The molecule has 2 N–H and O–H groups in total. The van der Waals surface area contributed by atoms with Crippen molar-refractivity contribution in [2.45, 2.75) is 6.73 Å². The van der Waals surface area contributed by atoms with Crippen LogP contribution in [0.15, 0.2) is 42.9 Å². The van der Waals surface area contributed by atoms with Gasteiger partial charge in [0.05, 0.1) is 23.0 Å². The van der Waals surface area contributed by atoms with E-state index in [2.05, 4.69) is 20.6 Å². The second-order valence-corrected chi connectivity index (χ2v) is 5.28. The number of amides is 1. The zero-order valence-electron chi connectivity index (χ0n) is 12.5. The van der Waals surface area contributed by atoms with E-state index in [9.17, 15) is 14.9 Å². The molecule has 1 aromatic carbocycles. The first-order chi connectivity index (χ1) is 12.0. The maximum absolute atomic E-state index is 12.1. The minimum absolute atomic E-state index is 0.0976. The van der Waals surface area contributed by atoms with E-state index in [0.29, 0.717) is 16.5 Å².